The van der Waals surface area contributed by atoms with Crippen molar-refractivity contribution in [1.82, 2.24) is 0 Å². The molecule has 1 N–H and O–H groups in total. The Hall–Kier alpha value is -0.353. The van der Waals surface area contributed by atoms with E-state index in [2.05, 4.69) is 39.0 Å². The highest BCUT2D eigenvalue weighted by Crippen LogP contribution is 2.37. The number of rotatable bonds is 4. The summed E-state index contributed by atoms with van der Waals surface area (Å²) < 4.78 is 6.09. The zero-order chi connectivity index (χ0) is 12.3. The van der Waals surface area contributed by atoms with Gasteiger partial charge in [-0.3, -0.25) is 0 Å². The van der Waals surface area contributed by atoms with Gasteiger partial charge in [-0.15, -0.1) is 0 Å². The van der Waals surface area contributed by atoms with E-state index in [0.717, 1.165) is 12.1 Å². The fourth-order valence-electron chi connectivity index (χ4n) is 1.13. The highest BCUT2D eigenvalue weighted by molar-refractivity contribution is 6.74. The fraction of sp³-hybridized carbons (Fsp3) is 0.909. The topological polar surface area (TPSA) is 41.8 Å². The van der Waals surface area contributed by atoms with Crippen LogP contribution in [-0.2, 0) is 4.43 Å². The van der Waals surface area contributed by atoms with Crippen LogP contribution in [0.4, 0.5) is 0 Å². The fourth-order valence-corrected chi connectivity index (χ4v) is 2.50. The van der Waals surface area contributed by atoms with E-state index in [4.69, 9.17) is 9.63 Å². The molecule has 0 saturated carbocycles. The molecule has 0 rings (SSSR count). The van der Waals surface area contributed by atoms with Crippen LogP contribution in [0.25, 0.3) is 0 Å². The van der Waals surface area contributed by atoms with Gasteiger partial charge in [0.25, 0.3) is 0 Å². The Labute approximate surface area is 94.7 Å². The summed E-state index contributed by atoms with van der Waals surface area (Å²) in [5.41, 5.74) is 0.722. The van der Waals surface area contributed by atoms with Gasteiger partial charge < -0.3 is 9.63 Å². The maximum absolute atomic E-state index is 8.82. The predicted molar refractivity (Wildman–Crippen MR) is 67.3 cm³/mol. The Bertz CT molecular complexity index is 231. The average molecular weight is 231 g/mol. The zero-order valence-corrected chi connectivity index (χ0v) is 12.1. The molecule has 0 bridgehead atoms. The van der Waals surface area contributed by atoms with Crippen LogP contribution in [0.5, 0.6) is 0 Å². The number of oxime groups is 1. The highest BCUT2D eigenvalue weighted by atomic mass is 28.4. The van der Waals surface area contributed by atoms with Gasteiger partial charge >= 0.3 is 0 Å². The second-order valence-electron chi connectivity index (χ2n) is 5.47. The van der Waals surface area contributed by atoms with Crippen LogP contribution in [0.1, 0.15) is 41.0 Å². The molecule has 0 saturated heterocycles. The maximum Gasteiger partial charge on any atom is 0.192 e. The van der Waals surface area contributed by atoms with Crippen LogP contribution < -0.4 is 0 Å². The molecule has 0 aliphatic rings. The van der Waals surface area contributed by atoms with Gasteiger partial charge in [-0.2, -0.15) is 0 Å². The third-order valence-corrected chi connectivity index (χ3v) is 7.79. The van der Waals surface area contributed by atoms with Crippen molar-refractivity contribution in [2.75, 3.05) is 0 Å². The van der Waals surface area contributed by atoms with E-state index in [1.54, 1.807) is 0 Å². The second kappa shape index (κ2) is 5.12. The van der Waals surface area contributed by atoms with E-state index in [0.29, 0.717) is 0 Å². The van der Waals surface area contributed by atoms with E-state index in [1.165, 1.54) is 0 Å². The molecule has 90 valence electrons. The Kier molecular flexibility index (Phi) is 5.00. The van der Waals surface area contributed by atoms with Crippen molar-refractivity contribution in [1.29, 1.82) is 0 Å². The average Bonchev–Trinajstić information content (AvgIpc) is 2.03. The molecule has 0 aromatic heterocycles. The first-order valence-electron chi connectivity index (χ1n) is 5.54. The van der Waals surface area contributed by atoms with Gasteiger partial charge in [0, 0.05) is 0 Å². The van der Waals surface area contributed by atoms with Crippen molar-refractivity contribution in [3.8, 4) is 0 Å². The van der Waals surface area contributed by atoms with Crippen LogP contribution in [0.15, 0.2) is 5.16 Å². The quantitative estimate of drug-likeness (QED) is 0.347. The van der Waals surface area contributed by atoms with Gasteiger partial charge in [-0.25, -0.2) is 0 Å². The summed E-state index contributed by atoms with van der Waals surface area (Å²) in [7, 11) is -1.76. The van der Waals surface area contributed by atoms with Gasteiger partial charge in [0.1, 0.15) is 0 Å². The van der Waals surface area contributed by atoms with Gasteiger partial charge in [0.15, 0.2) is 8.32 Å². The van der Waals surface area contributed by atoms with E-state index < -0.39 is 8.32 Å². The molecule has 0 aliphatic carbocycles. The first-order valence-corrected chi connectivity index (χ1v) is 8.45. The lowest BCUT2D eigenvalue weighted by molar-refractivity contribution is 0.244. The third-order valence-electron chi connectivity index (χ3n) is 3.24. The van der Waals surface area contributed by atoms with Gasteiger partial charge in [0.05, 0.1) is 11.8 Å². The molecule has 1 atom stereocenters. The summed E-state index contributed by atoms with van der Waals surface area (Å²) in [4.78, 5) is 0. The van der Waals surface area contributed by atoms with Gasteiger partial charge in [-0.1, -0.05) is 32.9 Å². The Morgan fingerprint density at radius 1 is 1.40 bits per heavy atom. The lowest BCUT2D eigenvalue weighted by Gasteiger charge is -2.38. The minimum absolute atomic E-state index is 0.0825. The molecular formula is C11H25NO2Si. The molecule has 0 aliphatic heterocycles. The van der Waals surface area contributed by atoms with Crippen molar-refractivity contribution >= 4 is 14.0 Å². The molecule has 4 heteroatoms. The number of nitrogens with zero attached hydrogens (tertiary/aromatic N) is 1. The largest absolute Gasteiger partial charge is 0.411 e. The van der Waals surface area contributed by atoms with Gasteiger partial charge in [0.2, 0.25) is 0 Å². The molecule has 0 heterocycles. The third kappa shape index (κ3) is 3.95. The summed E-state index contributed by atoms with van der Waals surface area (Å²) in [6.07, 6.45) is 0.646. The number of hydrogen-bond donors (Lipinski definition) is 1. The van der Waals surface area contributed by atoms with Crippen molar-refractivity contribution in [2.24, 2.45) is 5.16 Å². The van der Waals surface area contributed by atoms with Crippen LogP contribution in [0.3, 0.4) is 0 Å². The van der Waals surface area contributed by atoms with Crippen molar-refractivity contribution in [2.45, 2.75) is 65.3 Å². The second-order valence-corrected chi connectivity index (χ2v) is 10.2. The van der Waals surface area contributed by atoms with E-state index in [-0.39, 0.29) is 11.1 Å². The molecule has 0 unspecified atom stereocenters. The summed E-state index contributed by atoms with van der Waals surface area (Å²) in [6, 6.07) is 0. The molecule has 0 spiro atoms. The molecule has 0 aromatic rings. The summed E-state index contributed by atoms with van der Waals surface area (Å²) in [5.74, 6) is 0. The van der Waals surface area contributed by atoms with Crippen LogP contribution in [0, 0.1) is 0 Å². The number of hydrogen-bond acceptors (Lipinski definition) is 3. The highest BCUT2D eigenvalue weighted by Gasteiger charge is 2.39. The summed E-state index contributed by atoms with van der Waals surface area (Å²) in [5, 5.41) is 12.3. The molecule has 0 radical (unpaired) electrons. The molecule has 0 aromatic carbocycles. The molecule has 0 amide bonds. The van der Waals surface area contributed by atoms with E-state index >= 15 is 0 Å². The lowest BCUT2D eigenvalue weighted by Crippen LogP contribution is -2.45. The normalized spacial score (nSPS) is 16.6. The van der Waals surface area contributed by atoms with Crippen molar-refractivity contribution in [3.05, 3.63) is 0 Å². The Morgan fingerprint density at radius 2 is 1.87 bits per heavy atom. The maximum atomic E-state index is 8.82. The standard InChI is InChI=1S/C11H25NO2Si/c1-8-10(12-13)9(2)14-15(6,7)11(3,4)5/h9,13H,8H2,1-7H3/b12-10+/t9-/m0/s1. The minimum Gasteiger partial charge on any atom is -0.411 e. The first-order chi connectivity index (χ1) is 6.65. The zero-order valence-electron chi connectivity index (χ0n) is 11.1. The Morgan fingerprint density at radius 3 is 2.13 bits per heavy atom. The van der Waals surface area contributed by atoms with Crippen molar-refractivity contribution in [3.63, 3.8) is 0 Å². The minimum atomic E-state index is -1.76. The van der Waals surface area contributed by atoms with E-state index in [1.807, 2.05) is 13.8 Å². The monoisotopic (exact) mass is 231 g/mol. The van der Waals surface area contributed by atoms with E-state index in [9.17, 15) is 0 Å². The van der Waals surface area contributed by atoms with Crippen LogP contribution >= 0.6 is 0 Å². The molecule has 3 nitrogen and oxygen atoms in total. The first kappa shape index (κ1) is 14.6. The summed E-state index contributed by atoms with van der Waals surface area (Å²) >= 11 is 0. The summed E-state index contributed by atoms with van der Waals surface area (Å²) in [6.45, 7) is 14.9. The lowest BCUT2D eigenvalue weighted by atomic mass is 10.2. The molecule has 0 fully saturated rings. The smallest absolute Gasteiger partial charge is 0.192 e. The predicted octanol–water partition coefficient (Wildman–Crippen LogP) is 3.64. The SMILES string of the molecule is CC/C(=N\O)[C@H](C)O[Si](C)(C)C(C)(C)C. The Balaban J connectivity index is 4.60. The molecular weight excluding hydrogens is 206 g/mol. The van der Waals surface area contributed by atoms with Gasteiger partial charge in [-0.05, 0) is 31.5 Å². The van der Waals surface area contributed by atoms with Crippen molar-refractivity contribution < 1.29 is 9.63 Å². The molecule has 15 heavy (non-hydrogen) atoms. The van der Waals surface area contributed by atoms with Crippen LogP contribution in [0.2, 0.25) is 18.1 Å². The van der Waals surface area contributed by atoms with Crippen LogP contribution in [-0.4, -0.2) is 25.3 Å².